The SMILES string of the molecule is CNCC1CCOC1.[HH]. The van der Waals surface area contributed by atoms with Gasteiger partial charge >= 0.3 is 0 Å². The van der Waals surface area contributed by atoms with Crippen molar-refractivity contribution in [3.8, 4) is 0 Å². The standard InChI is InChI=1S/C6H13NO.H2/c1-7-4-6-2-3-8-5-6;/h6-7H,2-5H2,1H3;1H. The van der Waals surface area contributed by atoms with Gasteiger partial charge in [0.15, 0.2) is 0 Å². The third-order valence-corrected chi connectivity index (χ3v) is 1.52. The Morgan fingerprint density at radius 3 is 3.25 bits per heavy atom. The monoisotopic (exact) mass is 117 g/mol. The van der Waals surface area contributed by atoms with Crippen LogP contribution in [0, 0.1) is 5.92 Å². The van der Waals surface area contributed by atoms with Crippen LogP contribution in [0.4, 0.5) is 0 Å². The molecule has 2 nitrogen and oxygen atoms in total. The van der Waals surface area contributed by atoms with E-state index in [0.29, 0.717) is 0 Å². The van der Waals surface area contributed by atoms with Crippen molar-refractivity contribution < 1.29 is 6.16 Å². The Morgan fingerprint density at radius 2 is 2.75 bits per heavy atom. The van der Waals surface area contributed by atoms with Crippen molar-refractivity contribution in [2.24, 2.45) is 5.92 Å². The van der Waals surface area contributed by atoms with Crippen LogP contribution in [-0.4, -0.2) is 26.8 Å². The lowest BCUT2D eigenvalue weighted by molar-refractivity contribution is 0.185. The maximum atomic E-state index is 5.17. The summed E-state index contributed by atoms with van der Waals surface area (Å²) in [5.74, 6) is 0.778. The highest BCUT2D eigenvalue weighted by Crippen LogP contribution is 2.09. The Kier molecular flexibility index (Phi) is 2.30. The van der Waals surface area contributed by atoms with E-state index in [2.05, 4.69) is 5.32 Å². The van der Waals surface area contributed by atoms with Gasteiger partial charge in [0.25, 0.3) is 0 Å². The minimum Gasteiger partial charge on any atom is -0.381 e. The molecule has 1 aliphatic rings. The quantitative estimate of drug-likeness (QED) is 0.568. The second-order valence-electron chi connectivity index (χ2n) is 2.29. The Balaban J connectivity index is 0.000000640. The van der Waals surface area contributed by atoms with E-state index in [4.69, 9.17) is 4.74 Å². The molecule has 0 saturated carbocycles. The molecule has 0 aromatic rings. The van der Waals surface area contributed by atoms with Crippen LogP contribution in [0.5, 0.6) is 0 Å². The van der Waals surface area contributed by atoms with E-state index < -0.39 is 0 Å². The van der Waals surface area contributed by atoms with E-state index in [9.17, 15) is 0 Å². The number of hydrogen-bond acceptors (Lipinski definition) is 2. The molecule has 1 N–H and O–H groups in total. The van der Waals surface area contributed by atoms with Crippen LogP contribution in [-0.2, 0) is 4.74 Å². The van der Waals surface area contributed by atoms with Crippen molar-refractivity contribution in [3.63, 3.8) is 0 Å². The van der Waals surface area contributed by atoms with Gasteiger partial charge in [0.1, 0.15) is 0 Å². The molecule has 0 amide bonds. The number of hydrogen-bond donors (Lipinski definition) is 1. The van der Waals surface area contributed by atoms with Gasteiger partial charge in [-0.2, -0.15) is 0 Å². The maximum Gasteiger partial charge on any atom is 0.0507 e. The predicted molar refractivity (Wildman–Crippen MR) is 35.0 cm³/mol. The third-order valence-electron chi connectivity index (χ3n) is 1.52. The van der Waals surface area contributed by atoms with E-state index in [-0.39, 0.29) is 1.43 Å². The highest BCUT2D eigenvalue weighted by atomic mass is 16.5. The fraction of sp³-hybridized carbons (Fsp3) is 1.00. The number of rotatable bonds is 2. The molecule has 1 unspecified atom stereocenters. The summed E-state index contributed by atoms with van der Waals surface area (Å²) < 4.78 is 5.17. The first-order valence-corrected chi connectivity index (χ1v) is 3.16. The smallest absolute Gasteiger partial charge is 0.0507 e. The van der Waals surface area contributed by atoms with Crippen LogP contribution in [0.15, 0.2) is 0 Å². The van der Waals surface area contributed by atoms with Gasteiger partial charge in [0.2, 0.25) is 0 Å². The van der Waals surface area contributed by atoms with Gasteiger partial charge in [-0.25, -0.2) is 0 Å². The summed E-state index contributed by atoms with van der Waals surface area (Å²) >= 11 is 0. The lowest BCUT2D eigenvalue weighted by Crippen LogP contribution is -2.18. The molecule has 50 valence electrons. The molecule has 1 aliphatic heterocycles. The summed E-state index contributed by atoms with van der Waals surface area (Å²) in [4.78, 5) is 0. The zero-order valence-corrected chi connectivity index (χ0v) is 5.31. The average molecular weight is 117 g/mol. The fourth-order valence-corrected chi connectivity index (χ4v) is 1.03. The van der Waals surface area contributed by atoms with Crippen molar-refractivity contribution in [1.82, 2.24) is 5.32 Å². The van der Waals surface area contributed by atoms with E-state index in [1.165, 1.54) is 6.42 Å². The number of nitrogens with one attached hydrogen (secondary N) is 1. The summed E-state index contributed by atoms with van der Waals surface area (Å²) in [6.45, 7) is 3.03. The summed E-state index contributed by atoms with van der Waals surface area (Å²) in [5, 5.41) is 3.13. The molecule has 1 heterocycles. The maximum absolute atomic E-state index is 5.17. The molecule has 1 fully saturated rings. The molecule has 1 atom stereocenters. The molecular weight excluding hydrogens is 102 g/mol. The van der Waals surface area contributed by atoms with Crippen molar-refractivity contribution >= 4 is 0 Å². The van der Waals surface area contributed by atoms with E-state index in [1.807, 2.05) is 7.05 Å². The Bertz CT molecular complexity index is 64.1. The highest BCUT2D eigenvalue weighted by molar-refractivity contribution is 4.64. The lowest BCUT2D eigenvalue weighted by atomic mass is 10.1. The average Bonchev–Trinajstić information content (AvgIpc) is 2.19. The predicted octanol–water partition coefficient (Wildman–Crippen LogP) is 0.488. The van der Waals surface area contributed by atoms with Crippen LogP contribution in [0.25, 0.3) is 0 Å². The van der Waals surface area contributed by atoms with Crippen LogP contribution in [0.2, 0.25) is 0 Å². The molecule has 0 spiro atoms. The first-order valence-electron chi connectivity index (χ1n) is 3.16. The summed E-state index contributed by atoms with van der Waals surface area (Å²) in [5.41, 5.74) is 0. The van der Waals surface area contributed by atoms with Gasteiger partial charge in [-0.05, 0) is 25.9 Å². The highest BCUT2D eigenvalue weighted by Gasteiger charge is 2.13. The van der Waals surface area contributed by atoms with E-state index in [1.54, 1.807) is 0 Å². The van der Waals surface area contributed by atoms with Gasteiger partial charge < -0.3 is 10.1 Å². The number of ether oxygens (including phenoxy) is 1. The second kappa shape index (κ2) is 3.05. The lowest BCUT2D eigenvalue weighted by Gasteiger charge is -2.03. The second-order valence-corrected chi connectivity index (χ2v) is 2.29. The summed E-state index contributed by atoms with van der Waals surface area (Å²) in [7, 11) is 1.98. The molecule has 0 aromatic carbocycles. The molecule has 0 radical (unpaired) electrons. The minimum absolute atomic E-state index is 0. The van der Waals surface area contributed by atoms with Crippen LogP contribution < -0.4 is 5.32 Å². The summed E-state index contributed by atoms with van der Waals surface area (Å²) in [6, 6.07) is 0. The first kappa shape index (κ1) is 6.05. The van der Waals surface area contributed by atoms with Gasteiger partial charge in [-0.3, -0.25) is 0 Å². The minimum atomic E-state index is 0. The topological polar surface area (TPSA) is 21.3 Å². The van der Waals surface area contributed by atoms with Gasteiger partial charge in [-0.15, -0.1) is 0 Å². The molecule has 0 aromatic heterocycles. The third kappa shape index (κ3) is 1.46. The van der Waals surface area contributed by atoms with Gasteiger partial charge in [0.05, 0.1) is 6.61 Å². The van der Waals surface area contributed by atoms with Crippen molar-refractivity contribution in [2.45, 2.75) is 6.42 Å². The summed E-state index contributed by atoms with van der Waals surface area (Å²) in [6.07, 6.45) is 1.24. The normalized spacial score (nSPS) is 28.9. The van der Waals surface area contributed by atoms with E-state index >= 15 is 0 Å². The molecule has 1 rings (SSSR count). The zero-order valence-electron chi connectivity index (χ0n) is 5.31. The fourth-order valence-electron chi connectivity index (χ4n) is 1.03. The molecule has 0 bridgehead atoms. The van der Waals surface area contributed by atoms with E-state index in [0.717, 1.165) is 25.7 Å². The molecule has 1 saturated heterocycles. The van der Waals surface area contributed by atoms with Crippen LogP contribution in [0.1, 0.15) is 7.85 Å². The first-order chi connectivity index (χ1) is 3.93. The molecular formula is C6H15NO. The van der Waals surface area contributed by atoms with Gasteiger partial charge in [0, 0.05) is 8.03 Å². The van der Waals surface area contributed by atoms with Crippen molar-refractivity contribution in [2.75, 3.05) is 26.8 Å². The van der Waals surface area contributed by atoms with Crippen molar-refractivity contribution in [3.05, 3.63) is 0 Å². The van der Waals surface area contributed by atoms with Crippen LogP contribution >= 0.6 is 0 Å². The Labute approximate surface area is 51.7 Å². The molecule has 8 heavy (non-hydrogen) atoms. The van der Waals surface area contributed by atoms with Gasteiger partial charge in [-0.1, -0.05) is 0 Å². The zero-order chi connectivity index (χ0) is 5.82. The van der Waals surface area contributed by atoms with Crippen molar-refractivity contribution in [1.29, 1.82) is 0 Å². The molecule has 0 aliphatic carbocycles. The Hall–Kier alpha value is -0.0800. The Morgan fingerprint density at radius 1 is 1.88 bits per heavy atom. The molecule has 2 heteroatoms. The largest absolute Gasteiger partial charge is 0.381 e. The van der Waals surface area contributed by atoms with Crippen LogP contribution in [0.3, 0.4) is 0 Å².